The molecule has 2 fully saturated rings. The number of aromatic amines is 1. The Balaban J connectivity index is 1.45. The van der Waals surface area contributed by atoms with Gasteiger partial charge in [0.2, 0.25) is 0 Å². The van der Waals surface area contributed by atoms with E-state index in [1.165, 1.54) is 0 Å². The Labute approximate surface area is 193 Å². The molecule has 3 aromatic heterocycles. The normalized spacial score (nSPS) is 20.2. The first-order valence-electron chi connectivity index (χ1n) is 11.6. The first kappa shape index (κ1) is 21.8. The Bertz CT molecular complexity index is 1180. The van der Waals surface area contributed by atoms with E-state index in [4.69, 9.17) is 9.72 Å². The number of piperazine rings is 1. The predicted molar refractivity (Wildman–Crippen MR) is 127 cm³/mol. The molecule has 8 heteroatoms. The fraction of sp³-hybridized carbons (Fsp3) is 0.480. The third kappa shape index (κ3) is 4.32. The molecule has 1 aliphatic heterocycles. The number of nitriles is 1. The van der Waals surface area contributed by atoms with Crippen LogP contribution in [0, 0.1) is 11.3 Å². The van der Waals surface area contributed by atoms with E-state index in [0.29, 0.717) is 37.6 Å². The summed E-state index contributed by atoms with van der Waals surface area (Å²) in [6.45, 7) is 4.79. The van der Waals surface area contributed by atoms with Crippen molar-refractivity contribution in [1.29, 1.82) is 5.26 Å². The van der Waals surface area contributed by atoms with E-state index in [0.717, 1.165) is 53.1 Å². The van der Waals surface area contributed by atoms with Crippen molar-refractivity contribution < 1.29 is 9.84 Å². The highest BCUT2D eigenvalue weighted by molar-refractivity contribution is 5.83. The third-order valence-electron chi connectivity index (χ3n) is 6.77. The Morgan fingerprint density at radius 1 is 1.33 bits per heavy atom. The van der Waals surface area contributed by atoms with E-state index in [-0.39, 0.29) is 6.04 Å². The second kappa shape index (κ2) is 9.10. The van der Waals surface area contributed by atoms with Gasteiger partial charge in [-0.2, -0.15) is 5.26 Å². The minimum absolute atomic E-state index is 0.142. The average molecular weight is 447 g/mol. The number of rotatable bonds is 7. The highest BCUT2D eigenvalue weighted by Crippen LogP contribution is 2.45. The number of pyridine rings is 2. The van der Waals surface area contributed by atoms with Gasteiger partial charge in [0.25, 0.3) is 0 Å². The van der Waals surface area contributed by atoms with E-state index in [1.807, 2.05) is 24.5 Å². The molecule has 5 rings (SSSR count). The van der Waals surface area contributed by atoms with Gasteiger partial charge in [0, 0.05) is 80.6 Å². The fourth-order valence-electron chi connectivity index (χ4n) is 4.82. The number of fused-ring (bicyclic) bond motifs is 1. The zero-order valence-corrected chi connectivity index (χ0v) is 19.2. The van der Waals surface area contributed by atoms with E-state index < -0.39 is 6.23 Å². The maximum absolute atomic E-state index is 10.5. The molecule has 2 atom stereocenters. The molecule has 0 amide bonds. The number of nitrogens with one attached hydrogen (secondary N) is 1. The van der Waals surface area contributed by atoms with Crippen LogP contribution < -0.4 is 4.90 Å². The first-order valence-corrected chi connectivity index (χ1v) is 11.6. The van der Waals surface area contributed by atoms with Gasteiger partial charge in [-0.05, 0) is 38.0 Å². The molecule has 4 heterocycles. The number of aliphatic hydroxyl groups is 1. The van der Waals surface area contributed by atoms with Crippen molar-refractivity contribution in [2.75, 3.05) is 38.3 Å². The van der Waals surface area contributed by atoms with Crippen LogP contribution >= 0.6 is 0 Å². The van der Waals surface area contributed by atoms with Gasteiger partial charge in [-0.15, -0.1) is 0 Å². The third-order valence-corrected chi connectivity index (χ3v) is 6.77. The zero-order chi connectivity index (χ0) is 22.9. The SMILES string of the molecule is COCCC(O)N1CCN(c2nc(C3CC3)c(-c3cnc4[nH]ccc4c3)cc2C#N)C[C@H]1C. The summed E-state index contributed by atoms with van der Waals surface area (Å²) in [6, 6.07) is 8.65. The molecule has 0 aromatic carbocycles. The highest BCUT2D eigenvalue weighted by Gasteiger charge is 2.33. The summed E-state index contributed by atoms with van der Waals surface area (Å²) >= 11 is 0. The minimum atomic E-state index is -0.522. The molecule has 1 saturated heterocycles. The lowest BCUT2D eigenvalue weighted by Gasteiger charge is -2.42. The number of hydrogen-bond donors (Lipinski definition) is 2. The summed E-state index contributed by atoms with van der Waals surface area (Å²) in [5.74, 6) is 1.19. The van der Waals surface area contributed by atoms with Gasteiger partial charge in [-0.3, -0.25) is 4.90 Å². The minimum Gasteiger partial charge on any atom is -0.385 e. The predicted octanol–water partition coefficient (Wildman–Crippen LogP) is 3.24. The van der Waals surface area contributed by atoms with E-state index >= 15 is 0 Å². The summed E-state index contributed by atoms with van der Waals surface area (Å²) in [7, 11) is 1.65. The molecule has 2 N–H and O–H groups in total. The Kier molecular flexibility index (Phi) is 6.02. The number of hydrogen-bond acceptors (Lipinski definition) is 7. The van der Waals surface area contributed by atoms with Gasteiger partial charge in [-0.25, -0.2) is 9.97 Å². The van der Waals surface area contributed by atoms with Crippen LogP contribution in [-0.4, -0.2) is 70.6 Å². The van der Waals surface area contributed by atoms with Crippen LogP contribution in [0.3, 0.4) is 0 Å². The Morgan fingerprint density at radius 3 is 2.91 bits per heavy atom. The maximum atomic E-state index is 10.5. The molecule has 0 bridgehead atoms. The Morgan fingerprint density at radius 2 is 2.18 bits per heavy atom. The molecule has 0 radical (unpaired) electrons. The standard InChI is InChI=1S/C25H30N6O2/c1-16-15-30(8-9-31(16)22(32)6-10-33-2)25-19(13-26)12-21(23(29-25)17-3-4-17)20-11-18-5-7-27-24(18)28-14-20/h5,7,11-12,14,16-17,22,32H,3-4,6,8-10,15H2,1-2H3,(H,27,28)/t16-,22?/m1/s1. The molecule has 1 unspecified atom stereocenters. The van der Waals surface area contributed by atoms with E-state index in [9.17, 15) is 10.4 Å². The number of anilines is 1. The van der Waals surface area contributed by atoms with Gasteiger partial charge in [-0.1, -0.05) is 0 Å². The largest absolute Gasteiger partial charge is 0.385 e. The van der Waals surface area contributed by atoms with Crippen molar-refractivity contribution >= 4 is 16.9 Å². The fourth-order valence-corrected chi connectivity index (χ4v) is 4.82. The molecule has 1 aliphatic carbocycles. The van der Waals surface area contributed by atoms with Crippen molar-refractivity contribution in [3.8, 4) is 17.2 Å². The lowest BCUT2D eigenvalue weighted by molar-refractivity contribution is -0.0420. The van der Waals surface area contributed by atoms with Crippen LogP contribution in [0.15, 0.2) is 30.6 Å². The molecule has 2 aliphatic rings. The van der Waals surface area contributed by atoms with Gasteiger partial charge >= 0.3 is 0 Å². The lowest BCUT2D eigenvalue weighted by atomic mass is 9.99. The number of methoxy groups -OCH3 is 1. The Hall–Kier alpha value is -2.99. The number of aliphatic hydroxyl groups excluding tert-OH is 1. The molecule has 172 valence electrons. The van der Waals surface area contributed by atoms with Crippen LogP contribution in [0.2, 0.25) is 0 Å². The molecule has 8 nitrogen and oxygen atoms in total. The number of ether oxygens (including phenoxy) is 1. The average Bonchev–Trinajstić information content (AvgIpc) is 3.58. The van der Waals surface area contributed by atoms with Crippen LogP contribution in [0.4, 0.5) is 5.82 Å². The van der Waals surface area contributed by atoms with Gasteiger partial charge in [0.15, 0.2) is 0 Å². The molecule has 33 heavy (non-hydrogen) atoms. The number of aromatic nitrogens is 3. The summed E-state index contributed by atoms with van der Waals surface area (Å²) in [6.07, 6.45) is 6.07. The van der Waals surface area contributed by atoms with Crippen molar-refractivity contribution in [2.45, 2.75) is 44.4 Å². The first-order chi connectivity index (χ1) is 16.1. The maximum Gasteiger partial charge on any atom is 0.146 e. The van der Waals surface area contributed by atoms with Gasteiger partial charge in [0.1, 0.15) is 23.8 Å². The van der Waals surface area contributed by atoms with Crippen molar-refractivity contribution in [3.05, 3.63) is 41.9 Å². The molecule has 1 saturated carbocycles. The van der Waals surface area contributed by atoms with Crippen LogP contribution in [0.25, 0.3) is 22.2 Å². The monoisotopic (exact) mass is 446 g/mol. The van der Waals surface area contributed by atoms with E-state index in [2.05, 4.69) is 38.8 Å². The van der Waals surface area contributed by atoms with Crippen LogP contribution in [-0.2, 0) is 4.74 Å². The second-order valence-electron chi connectivity index (χ2n) is 9.11. The summed E-state index contributed by atoms with van der Waals surface area (Å²) in [5.41, 5.74) is 4.52. The highest BCUT2D eigenvalue weighted by atomic mass is 16.5. The van der Waals surface area contributed by atoms with Gasteiger partial charge in [0.05, 0.1) is 11.3 Å². The second-order valence-corrected chi connectivity index (χ2v) is 9.11. The number of H-pyrrole nitrogens is 1. The topological polar surface area (TPSA) is 101 Å². The summed E-state index contributed by atoms with van der Waals surface area (Å²) < 4.78 is 5.12. The number of nitrogens with zero attached hydrogens (tertiary/aromatic N) is 5. The smallest absolute Gasteiger partial charge is 0.146 e. The lowest BCUT2D eigenvalue weighted by Crippen LogP contribution is -2.56. The van der Waals surface area contributed by atoms with Crippen LogP contribution in [0.5, 0.6) is 0 Å². The van der Waals surface area contributed by atoms with Crippen molar-refractivity contribution in [2.24, 2.45) is 0 Å². The molecular formula is C25H30N6O2. The van der Waals surface area contributed by atoms with E-state index in [1.54, 1.807) is 7.11 Å². The molecular weight excluding hydrogens is 416 g/mol. The molecule has 0 spiro atoms. The van der Waals surface area contributed by atoms with Crippen molar-refractivity contribution in [3.63, 3.8) is 0 Å². The summed E-state index contributed by atoms with van der Waals surface area (Å²) in [5, 5.41) is 21.6. The van der Waals surface area contributed by atoms with Crippen LogP contribution in [0.1, 0.15) is 43.4 Å². The quantitative estimate of drug-likeness (QED) is 0.574. The summed E-state index contributed by atoms with van der Waals surface area (Å²) in [4.78, 5) is 17.1. The van der Waals surface area contributed by atoms with Gasteiger partial charge < -0.3 is 19.7 Å². The molecule has 3 aromatic rings. The zero-order valence-electron chi connectivity index (χ0n) is 19.2. The van der Waals surface area contributed by atoms with Crippen molar-refractivity contribution in [1.82, 2.24) is 19.9 Å².